The first-order valence-electron chi connectivity index (χ1n) is 7.84. The van der Waals surface area contributed by atoms with E-state index >= 15 is 0 Å². The number of rotatable bonds is 5. The van der Waals surface area contributed by atoms with Gasteiger partial charge in [-0.3, -0.25) is 9.78 Å². The zero-order chi connectivity index (χ0) is 17.6. The first-order valence-corrected chi connectivity index (χ1v) is 7.84. The molecule has 126 valence electrons. The van der Waals surface area contributed by atoms with Gasteiger partial charge in [-0.15, -0.1) is 0 Å². The number of hydrogen-bond acceptors (Lipinski definition) is 3. The lowest BCUT2D eigenvalue weighted by Crippen LogP contribution is -2.30. The minimum atomic E-state index is -0.418. The van der Waals surface area contributed by atoms with Crippen LogP contribution >= 0.6 is 0 Å². The van der Waals surface area contributed by atoms with Crippen molar-refractivity contribution >= 4 is 5.91 Å². The highest BCUT2D eigenvalue weighted by molar-refractivity contribution is 5.79. The molecule has 0 radical (unpaired) electrons. The van der Waals surface area contributed by atoms with Crippen LogP contribution in [0.4, 0.5) is 4.39 Å². The third-order valence-electron chi connectivity index (χ3n) is 3.83. The first-order chi connectivity index (χ1) is 12.1. The van der Waals surface area contributed by atoms with Crippen LogP contribution in [0.25, 0.3) is 0 Å². The number of carbonyl (C=O) groups is 1. The summed E-state index contributed by atoms with van der Waals surface area (Å²) in [6, 6.07) is 15.7. The Balaban J connectivity index is 1.81. The van der Waals surface area contributed by atoms with E-state index in [1.54, 1.807) is 54.9 Å². The van der Waals surface area contributed by atoms with Gasteiger partial charge in [0.1, 0.15) is 11.6 Å². The van der Waals surface area contributed by atoms with Gasteiger partial charge in [0.05, 0.1) is 12.5 Å². The molecule has 1 heterocycles. The second-order valence-electron chi connectivity index (χ2n) is 5.68. The van der Waals surface area contributed by atoms with E-state index in [9.17, 15) is 14.3 Å². The number of aromatic hydroxyl groups is 1. The number of benzene rings is 2. The predicted molar refractivity (Wildman–Crippen MR) is 92.4 cm³/mol. The van der Waals surface area contributed by atoms with Gasteiger partial charge in [0.2, 0.25) is 5.91 Å². The normalized spacial score (nSPS) is 11.7. The van der Waals surface area contributed by atoms with Crippen LogP contribution < -0.4 is 5.32 Å². The maximum Gasteiger partial charge on any atom is 0.225 e. The van der Waals surface area contributed by atoms with Gasteiger partial charge in [-0.2, -0.15) is 0 Å². The Morgan fingerprint density at radius 3 is 2.40 bits per heavy atom. The SMILES string of the molecule is O=C(Cc1ccc(O)cc1)NC(c1ccc(F)cc1)c1cccnc1. The van der Waals surface area contributed by atoms with E-state index in [2.05, 4.69) is 10.3 Å². The summed E-state index contributed by atoms with van der Waals surface area (Å²) in [5, 5.41) is 12.3. The van der Waals surface area contributed by atoms with Gasteiger partial charge < -0.3 is 10.4 Å². The molecule has 0 fully saturated rings. The molecule has 0 spiro atoms. The van der Waals surface area contributed by atoms with Crippen molar-refractivity contribution in [3.8, 4) is 5.75 Å². The molecule has 0 aliphatic heterocycles. The van der Waals surface area contributed by atoms with Gasteiger partial charge in [0.15, 0.2) is 0 Å². The Bertz CT molecular complexity index is 834. The summed E-state index contributed by atoms with van der Waals surface area (Å²) < 4.78 is 13.2. The molecule has 1 amide bonds. The van der Waals surface area contributed by atoms with Crippen LogP contribution in [0, 0.1) is 5.82 Å². The average molecular weight is 336 g/mol. The second-order valence-corrected chi connectivity index (χ2v) is 5.68. The zero-order valence-electron chi connectivity index (χ0n) is 13.4. The zero-order valence-corrected chi connectivity index (χ0v) is 13.4. The lowest BCUT2D eigenvalue weighted by molar-refractivity contribution is -0.120. The maximum atomic E-state index is 13.2. The molecular weight excluding hydrogens is 319 g/mol. The van der Waals surface area contributed by atoms with E-state index in [4.69, 9.17) is 0 Å². The predicted octanol–water partition coefficient (Wildman–Crippen LogP) is 3.37. The Hall–Kier alpha value is -3.21. The number of nitrogens with one attached hydrogen (secondary N) is 1. The molecule has 0 aliphatic carbocycles. The van der Waals surface area contributed by atoms with E-state index in [1.807, 2.05) is 6.07 Å². The minimum Gasteiger partial charge on any atom is -0.508 e. The van der Waals surface area contributed by atoms with Crippen LogP contribution in [0.1, 0.15) is 22.7 Å². The fourth-order valence-electron chi connectivity index (χ4n) is 2.57. The van der Waals surface area contributed by atoms with E-state index in [-0.39, 0.29) is 23.9 Å². The summed E-state index contributed by atoms with van der Waals surface area (Å²) in [7, 11) is 0. The van der Waals surface area contributed by atoms with Crippen LogP contribution in [0.2, 0.25) is 0 Å². The number of pyridine rings is 1. The highest BCUT2D eigenvalue weighted by Crippen LogP contribution is 2.22. The van der Waals surface area contributed by atoms with Crippen LogP contribution in [-0.4, -0.2) is 16.0 Å². The van der Waals surface area contributed by atoms with E-state index in [0.29, 0.717) is 0 Å². The van der Waals surface area contributed by atoms with Crippen LogP contribution in [0.15, 0.2) is 73.1 Å². The smallest absolute Gasteiger partial charge is 0.225 e. The van der Waals surface area contributed by atoms with Gasteiger partial charge in [-0.1, -0.05) is 30.3 Å². The standard InChI is InChI=1S/C20H17FN2O2/c21-17-7-5-15(6-8-17)20(16-2-1-11-22-13-16)23-19(25)12-14-3-9-18(24)10-4-14/h1-11,13,20,24H,12H2,(H,23,25). The van der Waals surface area contributed by atoms with Crippen molar-refractivity contribution in [3.05, 3.63) is 95.6 Å². The topological polar surface area (TPSA) is 62.2 Å². The van der Waals surface area contributed by atoms with Crippen molar-refractivity contribution in [1.82, 2.24) is 10.3 Å². The monoisotopic (exact) mass is 336 g/mol. The second kappa shape index (κ2) is 7.57. The minimum absolute atomic E-state index is 0.156. The van der Waals surface area contributed by atoms with Crippen molar-refractivity contribution in [2.24, 2.45) is 0 Å². The van der Waals surface area contributed by atoms with E-state index in [0.717, 1.165) is 16.7 Å². The van der Waals surface area contributed by atoms with Gasteiger partial charge in [-0.25, -0.2) is 4.39 Å². The number of phenolic OH excluding ortho intramolecular Hbond substituents is 1. The lowest BCUT2D eigenvalue weighted by atomic mass is 9.99. The molecule has 5 heteroatoms. The van der Waals surface area contributed by atoms with E-state index < -0.39 is 6.04 Å². The molecule has 2 N–H and O–H groups in total. The fourth-order valence-corrected chi connectivity index (χ4v) is 2.57. The molecule has 0 bridgehead atoms. The summed E-state index contributed by atoms with van der Waals surface area (Å²) in [5.41, 5.74) is 2.38. The number of hydrogen-bond donors (Lipinski definition) is 2. The molecule has 0 saturated carbocycles. The largest absolute Gasteiger partial charge is 0.508 e. The first kappa shape index (κ1) is 16.6. The summed E-state index contributed by atoms with van der Waals surface area (Å²) in [5.74, 6) is -0.350. The van der Waals surface area contributed by atoms with Crippen molar-refractivity contribution in [2.45, 2.75) is 12.5 Å². The average Bonchev–Trinajstić information content (AvgIpc) is 2.63. The van der Waals surface area contributed by atoms with Crippen molar-refractivity contribution in [2.75, 3.05) is 0 Å². The van der Waals surface area contributed by atoms with E-state index in [1.165, 1.54) is 12.1 Å². The lowest BCUT2D eigenvalue weighted by Gasteiger charge is -2.19. The third kappa shape index (κ3) is 4.41. The Kier molecular flexibility index (Phi) is 5.04. The van der Waals surface area contributed by atoms with Crippen molar-refractivity contribution in [1.29, 1.82) is 0 Å². The maximum absolute atomic E-state index is 13.2. The Labute approximate surface area is 145 Å². The van der Waals surface area contributed by atoms with Crippen molar-refractivity contribution in [3.63, 3.8) is 0 Å². The highest BCUT2D eigenvalue weighted by Gasteiger charge is 2.17. The molecule has 1 unspecified atom stereocenters. The summed E-state index contributed by atoms with van der Waals surface area (Å²) in [6.07, 6.45) is 3.51. The molecule has 1 atom stereocenters. The number of aromatic nitrogens is 1. The molecular formula is C20H17FN2O2. The van der Waals surface area contributed by atoms with Gasteiger partial charge in [0.25, 0.3) is 0 Å². The molecule has 3 rings (SSSR count). The van der Waals surface area contributed by atoms with Gasteiger partial charge >= 0.3 is 0 Å². The number of halogens is 1. The molecule has 0 aliphatic rings. The number of carbonyl (C=O) groups excluding carboxylic acids is 1. The highest BCUT2D eigenvalue weighted by atomic mass is 19.1. The van der Waals surface area contributed by atoms with Gasteiger partial charge in [0, 0.05) is 12.4 Å². The molecule has 1 aromatic heterocycles. The number of amides is 1. The Morgan fingerprint density at radius 2 is 1.76 bits per heavy atom. The number of nitrogens with zero attached hydrogens (tertiary/aromatic N) is 1. The van der Waals surface area contributed by atoms with Crippen LogP contribution in [-0.2, 0) is 11.2 Å². The van der Waals surface area contributed by atoms with Crippen molar-refractivity contribution < 1.29 is 14.3 Å². The Morgan fingerprint density at radius 1 is 1.04 bits per heavy atom. The molecule has 0 saturated heterocycles. The molecule has 3 aromatic rings. The van der Waals surface area contributed by atoms with Gasteiger partial charge in [-0.05, 0) is 47.0 Å². The molecule has 4 nitrogen and oxygen atoms in total. The fraction of sp³-hybridized carbons (Fsp3) is 0.100. The van der Waals surface area contributed by atoms with Crippen LogP contribution in [0.3, 0.4) is 0 Å². The summed E-state index contributed by atoms with van der Waals surface area (Å²) in [4.78, 5) is 16.5. The third-order valence-corrected chi connectivity index (χ3v) is 3.83. The quantitative estimate of drug-likeness (QED) is 0.751. The summed E-state index contributed by atoms with van der Waals surface area (Å²) in [6.45, 7) is 0. The van der Waals surface area contributed by atoms with Crippen LogP contribution in [0.5, 0.6) is 5.75 Å². The molecule has 25 heavy (non-hydrogen) atoms. The summed E-state index contributed by atoms with van der Waals surface area (Å²) >= 11 is 0. The number of phenols is 1. The molecule has 2 aromatic carbocycles.